The molecule has 4 heteroatoms. The van der Waals surface area contributed by atoms with Crippen molar-refractivity contribution in [3.8, 4) is 0 Å². The second kappa shape index (κ2) is 5.12. The van der Waals surface area contributed by atoms with E-state index in [0.717, 1.165) is 25.3 Å². The maximum Gasteiger partial charge on any atom is 0.122 e. The Balaban J connectivity index is 2.41. The van der Waals surface area contributed by atoms with Crippen molar-refractivity contribution in [3.05, 3.63) is 18.2 Å². The number of nitrogens with two attached hydrogens (primary N) is 1. The van der Waals surface area contributed by atoms with Gasteiger partial charge in [0, 0.05) is 32.0 Å². The Kier molecular flexibility index (Phi) is 4.10. The summed E-state index contributed by atoms with van der Waals surface area (Å²) >= 11 is 0. The lowest BCUT2D eigenvalue weighted by Gasteiger charge is -2.19. The minimum absolute atomic E-state index is 0.264. The Hall–Kier alpha value is -0.870. The number of imidazole rings is 1. The Labute approximate surface area is 85.7 Å². The molecular weight excluding hydrogens is 176 g/mol. The number of hydrogen-bond donors (Lipinski definition) is 1. The predicted molar refractivity (Wildman–Crippen MR) is 57.8 cm³/mol. The lowest BCUT2D eigenvalue weighted by molar-refractivity contribution is 0.290. The van der Waals surface area contributed by atoms with Crippen LogP contribution in [-0.2, 0) is 13.6 Å². The molecule has 0 aliphatic carbocycles. The van der Waals surface area contributed by atoms with E-state index in [0.29, 0.717) is 0 Å². The van der Waals surface area contributed by atoms with Gasteiger partial charge in [-0.15, -0.1) is 0 Å². The van der Waals surface area contributed by atoms with Gasteiger partial charge < -0.3 is 10.3 Å². The topological polar surface area (TPSA) is 47.1 Å². The second-order valence-electron chi connectivity index (χ2n) is 3.82. The lowest BCUT2D eigenvalue weighted by Crippen LogP contribution is -2.34. The van der Waals surface area contributed by atoms with E-state index in [1.54, 1.807) is 0 Å². The molecule has 0 saturated carbocycles. The number of rotatable bonds is 5. The fourth-order valence-corrected chi connectivity index (χ4v) is 1.38. The zero-order valence-electron chi connectivity index (χ0n) is 9.27. The van der Waals surface area contributed by atoms with E-state index in [9.17, 15) is 0 Å². The molecule has 14 heavy (non-hydrogen) atoms. The van der Waals surface area contributed by atoms with Crippen molar-refractivity contribution in [3.63, 3.8) is 0 Å². The molecular formula is C10H20N4. The third-order valence-corrected chi connectivity index (χ3v) is 2.40. The fourth-order valence-electron chi connectivity index (χ4n) is 1.38. The molecule has 1 atom stereocenters. The zero-order valence-corrected chi connectivity index (χ0v) is 9.27. The van der Waals surface area contributed by atoms with Crippen LogP contribution >= 0.6 is 0 Å². The third-order valence-electron chi connectivity index (χ3n) is 2.40. The van der Waals surface area contributed by atoms with Crippen molar-refractivity contribution >= 4 is 0 Å². The summed E-state index contributed by atoms with van der Waals surface area (Å²) in [5.41, 5.74) is 5.87. The number of hydrogen-bond acceptors (Lipinski definition) is 3. The van der Waals surface area contributed by atoms with Gasteiger partial charge in [-0.3, -0.25) is 4.90 Å². The van der Waals surface area contributed by atoms with E-state index in [4.69, 9.17) is 5.73 Å². The van der Waals surface area contributed by atoms with Gasteiger partial charge >= 0.3 is 0 Å². The molecule has 0 bridgehead atoms. The summed E-state index contributed by atoms with van der Waals surface area (Å²) in [6, 6.07) is 0.264. The highest BCUT2D eigenvalue weighted by Gasteiger charge is 2.07. The van der Waals surface area contributed by atoms with Crippen LogP contribution in [0.3, 0.4) is 0 Å². The molecule has 4 nitrogen and oxygen atoms in total. The first kappa shape index (κ1) is 11.2. The van der Waals surface area contributed by atoms with Crippen LogP contribution in [0.2, 0.25) is 0 Å². The predicted octanol–water partition coefficient (Wildman–Crippen LogP) is 0.589. The maximum atomic E-state index is 5.87. The standard InChI is InChI=1S/C10H20N4/c1-4-9(11)7-13(2)8-10-12-5-6-14(10)3/h5-6,9H,4,7-8,11H2,1-3H3. The van der Waals surface area contributed by atoms with E-state index in [1.807, 2.05) is 24.0 Å². The van der Waals surface area contributed by atoms with Gasteiger partial charge in [-0.2, -0.15) is 0 Å². The lowest BCUT2D eigenvalue weighted by atomic mass is 10.2. The van der Waals surface area contributed by atoms with E-state index < -0.39 is 0 Å². The van der Waals surface area contributed by atoms with Gasteiger partial charge in [0.1, 0.15) is 5.82 Å². The van der Waals surface area contributed by atoms with E-state index in [1.165, 1.54) is 0 Å². The smallest absolute Gasteiger partial charge is 0.122 e. The van der Waals surface area contributed by atoms with Crippen LogP contribution in [0.1, 0.15) is 19.2 Å². The summed E-state index contributed by atoms with van der Waals surface area (Å²) in [5.74, 6) is 1.08. The van der Waals surface area contributed by atoms with Crippen molar-refractivity contribution in [1.82, 2.24) is 14.5 Å². The van der Waals surface area contributed by atoms with Crippen LogP contribution in [0.4, 0.5) is 0 Å². The molecule has 1 rings (SSSR count). The summed E-state index contributed by atoms with van der Waals surface area (Å²) in [5, 5.41) is 0. The Morgan fingerprint density at radius 3 is 2.86 bits per heavy atom. The maximum absolute atomic E-state index is 5.87. The first-order chi connectivity index (χ1) is 6.63. The molecule has 1 heterocycles. The molecule has 0 fully saturated rings. The van der Waals surface area contributed by atoms with E-state index in [2.05, 4.69) is 23.9 Å². The molecule has 1 aromatic rings. The molecule has 1 unspecified atom stereocenters. The molecule has 0 aromatic carbocycles. The van der Waals surface area contributed by atoms with Gasteiger partial charge in [-0.1, -0.05) is 6.92 Å². The molecule has 0 radical (unpaired) electrons. The monoisotopic (exact) mass is 196 g/mol. The van der Waals surface area contributed by atoms with Crippen LogP contribution in [0.15, 0.2) is 12.4 Å². The summed E-state index contributed by atoms with van der Waals surface area (Å²) in [6.45, 7) is 3.89. The number of aromatic nitrogens is 2. The summed E-state index contributed by atoms with van der Waals surface area (Å²) in [6.07, 6.45) is 4.80. The Morgan fingerprint density at radius 1 is 1.64 bits per heavy atom. The van der Waals surface area contributed by atoms with Crippen molar-refractivity contribution in [1.29, 1.82) is 0 Å². The second-order valence-corrected chi connectivity index (χ2v) is 3.82. The van der Waals surface area contributed by atoms with Crippen molar-refractivity contribution < 1.29 is 0 Å². The summed E-state index contributed by atoms with van der Waals surface area (Å²) in [7, 11) is 4.08. The molecule has 0 saturated heterocycles. The average molecular weight is 196 g/mol. The van der Waals surface area contributed by atoms with Gasteiger partial charge in [0.2, 0.25) is 0 Å². The van der Waals surface area contributed by atoms with Crippen molar-refractivity contribution in [2.75, 3.05) is 13.6 Å². The van der Waals surface area contributed by atoms with E-state index in [-0.39, 0.29) is 6.04 Å². The first-order valence-corrected chi connectivity index (χ1v) is 5.03. The highest BCUT2D eigenvalue weighted by molar-refractivity contribution is 4.90. The minimum Gasteiger partial charge on any atom is -0.337 e. The average Bonchev–Trinajstić information content (AvgIpc) is 2.51. The number of aryl methyl sites for hydroxylation is 1. The largest absolute Gasteiger partial charge is 0.337 e. The minimum atomic E-state index is 0.264. The van der Waals surface area contributed by atoms with Gasteiger partial charge in [0.25, 0.3) is 0 Å². The molecule has 0 aliphatic heterocycles. The number of likely N-dealkylation sites (N-methyl/N-ethyl adjacent to an activating group) is 1. The van der Waals surface area contributed by atoms with Crippen LogP contribution < -0.4 is 5.73 Å². The fraction of sp³-hybridized carbons (Fsp3) is 0.700. The van der Waals surface area contributed by atoms with Gasteiger partial charge in [-0.05, 0) is 13.5 Å². The van der Waals surface area contributed by atoms with Gasteiger partial charge in [0.15, 0.2) is 0 Å². The zero-order chi connectivity index (χ0) is 10.6. The van der Waals surface area contributed by atoms with Crippen LogP contribution in [0, 0.1) is 0 Å². The van der Waals surface area contributed by atoms with Crippen molar-refractivity contribution in [2.24, 2.45) is 12.8 Å². The summed E-state index contributed by atoms with van der Waals surface area (Å²) in [4.78, 5) is 6.47. The SMILES string of the molecule is CCC(N)CN(C)Cc1nccn1C. The highest BCUT2D eigenvalue weighted by atomic mass is 15.2. The Bertz CT molecular complexity index is 269. The molecule has 0 amide bonds. The van der Waals surface area contributed by atoms with Crippen LogP contribution in [0.5, 0.6) is 0 Å². The first-order valence-electron chi connectivity index (χ1n) is 5.03. The third kappa shape index (κ3) is 3.12. The molecule has 0 aliphatic rings. The van der Waals surface area contributed by atoms with Gasteiger partial charge in [-0.25, -0.2) is 4.98 Å². The molecule has 2 N–H and O–H groups in total. The Morgan fingerprint density at radius 2 is 2.36 bits per heavy atom. The van der Waals surface area contributed by atoms with Gasteiger partial charge in [0.05, 0.1) is 6.54 Å². The van der Waals surface area contributed by atoms with E-state index >= 15 is 0 Å². The molecule has 0 spiro atoms. The molecule has 80 valence electrons. The summed E-state index contributed by atoms with van der Waals surface area (Å²) < 4.78 is 2.04. The number of nitrogens with zero attached hydrogens (tertiary/aromatic N) is 3. The quantitative estimate of drug-likeness (QED) is 0.749. The molecule has 1 aromatic heterocycles. The highest BCUT2D eigenvalue weighted by Crippen LogP contribution is 2.00. The van der Waals surface area contributed by atoms with Crippen molar-refractivity contribution in [2.45, 2.75) is 25.9 Å². The van der Waals surface area contributed by atoms with Crippen LogP contribution in [0.25, 0.3) is 0 Å². The normalized spacial score (nSPS) is 13.5. The van der Waals surface area contributed by atoms with Crippen LogP contribution in [-0.4, -0.2) is 34.1 Å².